The molecule has 1 aliphatic heterocycles. The number of nitrogens with one attached hydrogen (secondary N) is 1. The molecule has 2 unspecified atom stereocenters. The third-order valence-corrected chi connectivity index (χ3v) is 8.14. The number of methoxy groups -OCH3 is 1. The molecule has 0 radical (unpaired) electrons. The van der Waals surface area contributed by atoms with Crippen LogP contribution in [0, 0.1) is 0 Å². The summed E-state index contributed by atoms with van der Waals surface area (Å²) in [6.45, 7) is 6.25. The van der Waals surface area contributed by atoms with Crippen LogP contribution in [0.4, 0.5) is 0 Å². The number of thioether (sulfide) groups is 1. The van der Waals surface area contributed by atoms with Crippen molar-refractivity contribution in [2.75, 3.05) is 31.8 Å². The van der Waals surface area contributed by atoms with Gasteiger partial charge < -0.3 is 24.6 Å². The monoisotopic (exact) mass is 571 g/mol. The van der Waals surface area contributed by atoms with Crippen molar-refractivity contribution in [2.24, 2.45) is 0 Å². The number of allylic oxidation sites excluding steroid dienone is 3. The highest BCUT2D eigenvalue weighted by molar-refractivity contribution is 7.99. The van der Waals surface area contributed by atoms with Gasteiger partial charge in [-0.15, -0.1) is 0 Å². The number of rotatable bonds is 10. The molecular formula is C30H34ClNO6S. The summed E-state index contributed by atoms with van der Waals surface area (Å²) in [4.78, 5) is 27.3. The van der Waals surface area contributed by atoms with E-state index < -0.39 is 11.9 Å². The Morgan fingerprint density at radius 3 is 2.56 bits per heavy atom. The number of ketones is 1. The number of halogens is 1. The summed E-state index contributed by atoms with van der Waals surface area (Å²) in [7, 11) is 1.62. The highest BCUT2D eigenvalue weighted by atomic mass is 35.5. The number of carbonyl (C=O) groups excluding carboxylic acids is 2. The first-order valence-corrected chi connectivity index (χ1v) is 14.6. The van der Waals surface area contributed by atoms with E-state index in [0.717, 1.165) is 22.8 Å². The average Bonchev–Trinajstić information content (AvgIpc) is 2.92. The van der Waals surface area contributed by atoms with Crippen molar-refractivity contribution >= 4 is 35.1 Å². The van der Waals surface area contributed by atoms with E-state index in [1.807, 2.05) is 38.1 Å². The molecule has 4 rings (SSSR count). The number of ether oxygens (including phenoxy) is 3. The number of aromatic hydroxyl groups is 1. The fourth-order valence-corrected chi connectivity index (χ4v) is 5.91. The molecule has 0 spiro atoms. The molecule has 0 amide bonds. The Balaban J connectivity index is 1.77. The topological polar surface area (TPSA) is 94.1 Å². The van der Waals surface area contributed by atoms with Crippen molar-refractivity contribution < 1.29 is 28.9 Å². The summed E-state index contributed by atoms with van der Waals surface area (Å²) in [6.07, 6.45) is 0.892. The third-order valence-electron chi connectivity index (χ3n) is 6.98. The Morgan fingerprint density at radius 2 is 1.90 bits per heavy atom. The van der Waals surface area contributed by atoms with Crippen molar-refractivity contribution in [3.8, 4) is 17.2 Å². The molecule has 208 valence electrons. The van der Waals surface area contributed by atoms with Gasteiger partial charge in [-0.2, -0.15) is 11.8 Å². The first-order chi connectivity index (χ1) is 18.8. The number of hydrogen-bond acceptors (Lipinski definition) is 8. The lowest BCUT2D eigenvalue weighted by Gasteiger charge is -2.37. The summed E-state index contributed by atoms with van der Waals surface area (Å²) in [5, 5.41) is 13.9. The van der Waals surface area contributed by atoms with Crippen LogP contribution in [-0.4, -0.2) is 48.7 Å². The Morgan fingerprint density at radius 1 is 1.15 bits per heavy atom. The lowest BCUT2D eigenvalue weighted by molar-refractivity contribution is -0.138. The van der Waals surface area contributed by atoms with E-state index in [1.165, 1.54) is 0 Å². The Kier molecular flexibility index (Phi) is 9.51. The van der Waals surface area contributed by atoms with Crippen LogP contribution in [-0.2, 0) is 14.3 Å². The average molecular weight is 572 g/mol. The maximum atomic E-state index is 13.8. The molecular weight excluding hydrogens is 538 g/mol. The van der Waals surface area contributed by atoms with Crippen LogP contribution in [0.15, 0.2) is 58.9 Å². The molecule has 1 aliphatic carbocycles. The molecule has 39 heavy (non-hydrogen) atoms. The molecule has 9 heteroatoms. The Bertz CT molecular complexity index is 1300. The van der Waals surface area contributed by atoms with Crippen molar-refractivity contribution in [1.29, 1.82) is 0 Å². The second kappa shape index (κ2) is 12.8. The summed E-state index contributed by atoms with van der Waals surface area (Å²) < 4.78 is 16.6. The minimum atomic E-state index is -0.714. The largest absolute Gasteiger partial charge is 0.503 e. The number of phenols is 1. The molecule has 2 N–H and O–H groups in total. The molecule has 0 aromatic heterocycles. The van der Waals surface area contributed by atoms with E-state index in [9.17, 15) is 14.7 Å². The van der Waals surface area contributed by atoms with E-state index in [0.29, 0.717) is 47.6 Å². The number of esters is 1. The zero-order chi connectivity index (χ0) is 28.1. The molecule has 1 heterocycles. The van der Waals surface area contributed by atoms with Crippen molar-refractivity contribution in [2.45, 2.75) is 45.4 Å². The zero-order valence-electron chi connectivity index (χ0n) is 22.6. The Labute approximate surface area is 238 Å². The molecule has 0 fully saturated rings. The molecule has 0 saturated heterocycles. The van der Waals surface area contributed by atoms with Gasteiger partial charge in [0.05, 0.1) is 24.3 Å². The van der Waals surface area contributed by atoms with Gasteiger partial charge in [-0.1, -0.05) is 30.7 Å². The second-order valence-electron chi connectivity index (χ2n) is 9.41. The van der Waals surface area contributed by atoms with Gasteiger partial charge >= 0.3 is 5.97 Å². The Hall–Kier alpha value is -3.10. The highest BCUT2D eigenvalue weighted by Crippen LogP contribution is 2.48. The first-order valence-electron chi connectivity index (χ1n) is 13.1. The van der Waals surface area contributed by atoms with Gasteiger partial charge in [-0.25, -0.2) is 4.79 Å². The molecule has 2 atom stereocenters. The number of Topliss-reactive ketones (excluding diaryl/α,β-unsaturated/α-hetero) is 1. The quantitative estimate of drug-likeness (QED) is 0.260. The minimum absolute atomic E-state index is 0.0231. The second-order valence-corrected chi connectivity index (χ2v) is 11.2. The van der Waals surface area contributed by atoms with Gasteiger partial charge in [0.15, 0.2) is 17.3 Å². The van der Waals surface area contributed by atoms with E-state index in [-0.39, 0.29) is 34.8 Å². The number of hydrogen-bond donors (Lipinski definition) is 2. The fourth-order valence-electron chi connectivity index (χ4n) is 5.20. The van der Waals surface area contributed by atoms with Crippen LogP contribution in [0.25, 0.3) is 0 Å². The number of phenolic OH excluding ortho intramolecular Hbond substituents is 1. The van der Waals surface area contributed by atoms with Gasteiger partial charge in [-0.3, -0.25) is 4.79 Å². The van der Waals surface area contributed by atoms with Crippen LogP contribution in [0.5, 0.6) is 17.2 Å². The van der Waals surface area contributed by atoms with Gasteiger partial charge in [0, 0.05) is 35.1 Å². The summed E-state index contributed by atoms with van der Waals surface area (Å²) in [6, 6.07) is 11.0. The van der Waals surface area contributed by atoms with Gasteiger partial charge in [0.2, 0.25) is 0 Å². The van der Waals surface area contributed by atoms with Crippen LogP contribution < -0.4 is 14.8 Å². The molecule has 7 nitrogen and oxygen atoms in total. The van der Waals surface area contributed by atoms with Crippen molar-refractivity contribution in [3.05, 3.63) is 75.1 Å². The first kappa shape index (κ1) is 28.9. The summed E-state index contributed by atoms with van der Waals surface area (Å²) >= 11 is 8.09. The molecule has 2 aromatic carbocycles. The SMILES string of the molecule is CCOc1cc(C2C(C(=O)OCCSCC)=C(C)NC3=C2C(=O)CC(c2ccc(OC)cc2)C3)cc(Cl)c1O. The van der Waals surface area contributed by atoms with Crippen molar-refractivity contribution in [1.82, 2.24) is 5.32 Å². The number of benzene rings is 2. The van der Waals surface area contributed by atoms with Crippen LogP contribution >= 0.6 is 23.4 Å². The lowest BCUT2D eigenvalue weighted by atomic mass is 9.71. The van der Waals surface area contributed by atoms with Crippen LogP contribution in [0.2, 0.25) is 5.02 Å². The van der Waals surface area contributed by atoms with Crippen molar-refractivity contribution in [3.63, 3.8) is 0 Å². The van der Waals surface area contributed by atoms with E-state index in [2.05, 4.69) is 5.32 Å². The maximum absolute atomic E-state index is 13.8. The van der Waals surface area contributed by atoms with Crippen LogP contribution in [0.1, 0.15) is 56.6 Å². The highest BCUT2D eigenvalue weighted by Gasteiger charge is 2.42. The molecule has 2 aliphatic rings. The normalized spacial score (nSPS) is 18.9. The molecule has 0 bridgehead atoms. The van der Waals surface area contributed by atoms with E-state index in [4.69, 9.17) is 25.8 Å². The number of dihydropyridines is 1. The van der Waals surface area contributed by atoms with E-state index in [1.54, 1.807) is 37.9 Å². The van der Waals surface area contributed by atoms with Gasteiger partial charge in [0.25, 0.3) is 0 Å². The maximum Gasteiger partial charge on any atom is 0.336 e. The smallest absolute Gasteiger partial charge is 0.336 e. The predicted octanol–water partition coefficient (Wildman–Crippen LogP) is 6.11. The summed E-state index contributed by atoms with van der Waals surface area (Å²) in [5.41, 5.74) is 3.90. The summed E-state index contributed by atoms with van der Waals surface area (Å²) in [5.74, 6) is 1.10. The number of carbonyl (C=O) groups is 2. The third kappa shape index (κ3) is 6.23. The fraction of sp³-hybridized carbons (Fsp3) is 0.400. The van der Waals surface area contributed by atoms with Gasteiger partial charge in [-0.05, 0) is 67.3 Å². The minimum Gasteiger partial charge on any atom is -0.503 e. The van der Waals surface area contributed by atoms with E-state index >= 15 is 0 Å². The van der Waals surface area contributed by atoms with Crippen LogP contribution in [0.3, 0.4) is 0 Å². The standard InChI is InChI=1S/C30H34ClNO6S/c1-5-37-25-16-20(13-22(31)29(25)34)27-26(30(35)38-11-12-39-6-2)17(3)32-23-14-19(15-24(33)28(23)27)18-7-9-21(36-4)10-8-18/h7-10,13,16,19,27,32,34H,5-6,11-12,14-15H2,1-4H3. The van der Waals surface area contributed by atoms with Gasteiger partial charge in [0.1, 0.15) is 12.4 Å². The zero-order valence-corrected chi connectivity index (χ0v) is 24.2. The molecule has 0 saturated carbocycles. The lowest BCUT2D eigenvalue weighted by Crippen LogP contribution is -2.36. The molecule has 2 aromatic rings. The predicted molar refractivity (Wildman–Crippen MR) is 154 cm³/mol.